The zero-order chi connectivity index (χ0) is 17.6. The topological polar surface area (TPSA) is 50.4 Å². The van der Waals surface area contributed by atoms with Crippen LogP contribution in [0.5, 0.6) is 0 Å². The second-order valence-electron chi connectivity index (χ2n) is 8.43. The zero-order valence-electron chi connectivity index (χ0n) is 16.1. The largest absolute Gasteiger partial charge is 0.382 e. The average molecular weight is 344 g/mol. The molecule has 1 heterocycles. The number of nitrogens with zero attached hydrogens (tertiary/aromatic N) is 1. The lowest BCUT2D eigenvalue weighted by atomic mass is 9.81. The van der Waals surface area contributed by atoms with E-state index in [1.807, 2.05) is 6.92 Å². The predicted octanol–water partition coefficient (Wildman–Crippen LogP) is 4.94. The van der Waals surface area contributed by atoms with Gasteiger partial charge in [-0.25, -0.2) is 0 Å². The van der Waals surface area contributed by atoms with Crippen LogP contribution < -0.4 is 11.1 Å². The number of hydrogen-bond donors (Lipinski definition) is 2. The van der Waals surface area contributed by atoms with Gasteiger partial charge in [0, 0.05) is 12.6 Å². The third kappa shape index (κ3) is 4.89. The monoisotopic (exact) mass is 343 g/mol. The second kappa shape index (κ2) is 8.91. The van der Waals surface area contributed by atoms with Crippen LogP contribution in [-0.4, -0.2) is 18.4 Å². The van der Waals surface area contributed by atoms with Crippen LogP contribution >= 0.6 is 0 Å². The molecule has 2 aliphatic carbocycles. The summed E-state index contributed by atoms with van der Waals surface area (Å²) in [7, 11) is 0. The van der Waals surface area contributed by atoms with Crippen molar-refractivity contribution in [1.82, 2.24) is 5.32 Å². The molecule has 0 aromatic rings. The van der Waals surface area contributed by atoms with Gasteiger partial charge in [-0.3, -0.25) is 4.99 Å². The highest BCUT2D eigenvalue weighted by molar-refractivity contribution is 5.96. The predicted molar refractivity (Wildman–Crippen MR) is 108 cm³/mol. The van der Waals surface area contributed by atoms with Gasteiger partial charge in [0.15, 0.2) is 0 Å². The van der Waals surface area contributed by atoms with Gasteiger partial charge in [0.2, 0.25) is 0 Å². The summed E-state index contributed by atoms with van der Waals surface area (Å²) in [6.45, 7) is 7.22. The third-order valence-corrected chi connectivity index (χ3v) is 6.73. The van der Waals surface area contributed by atoms with Crippen molar-refractivity contribution in [2.45, 2.75) is 83.6 Å². The van der Waals surface area contributed by atoms with Crippen LogP contribution in [0.4, 0.5) is 0 Å². The summed E-state index contributed by atoms with van der Waals surface area (Å²) in [6.07, 6.45) is 17.2. The molecule has 0 bridgehead atoms. The number of amidine groups is 1. The van der Waals surface area contributed by atoms with Crippen LogP contribution in [0.3, 0.4) is 0 Å². The minimum atomic E-state index is 0.576. The standard InChI is InChI=1S/C22H37N3/c1-3-24-22(23)21-14-13-20(25-21)19-12-11-17(15-19)10-9-16(2)18-7-5-4-6-8-18/h14,17-20,25H,2-13,15H2,1H3,(H2,23,24). The highest BCUT2D eigenvalue weighted by Gasteiger charge is 2.33. The van der Waals surface area contributed by atoms with Gasteiger partial charge in [0.1, 0.15) is 5.84 Å². The number of nitrogens with two attached hydrogens (primary N) is 1. The fourth-order valence-electron chi connectivity index (χ4n) is 5.15. The fourth-order valence-corrected chi connectivity index (χ4v) is 5.15. The van der Waals surface area contributed by atoms with E-state index >= 15 is 0 Å². The van der Waals surface area contributed by atoms with E-state index in [4.69, 9.17) is 5.73 Å². The number of aliphatic imine (C=N–C) groups is 1. The molecule has 0 aromatic heterocycles. The molecule has 3 N–H and O–H groups in total. The Balaban J connectivity index is 1.39. The van der Waals surface area contributed by atoms with Crippen LogP contribution in [0.1, 0.15) is 77.6 Å². The van der Waals surface area contributed by atoms with Gasteiger partial charge in [-0.1, -0.05) is 43.9 Å². The molecule has 3 aliphatic rings. The lowest BCUT2D eigenvalue weighted by molar-refractivity contribution is 0.368. The molecule has 3 unspecified atom stereocenters. The van der Waals surface area contributed by atoms with E-state index in [1.54, 1.807) is 5.57 Å². The molecule has 3 atom stereocenters. The van der Waals surface area contributed by atoms with E-state index in [9.17, 15) is 0 Å². The summed E-state index contributed by atoms with van der Waals surface area (Å²) in [6, 6.07) is 0.576. The Hall–Kier alpha value is -1.25. The highest BCUT2D eigenvalue weighted by atomic mass is 15.0. The molecule has 0 saturated heterocycles. The van der Waals surface area contributed by atoms with Gasteiger partial charge < -0.3 is 11.1 Å². The van der Waals surface area contributed by atoms with Crippen molar-refractivity contribution in [3.63, 3.8) is 0 Å². The Bertz CT molecular complexity index is 513. The molecule has 2 saturated carbocycles. The van der Waals surface area contributed by atoms with Crippen molar-refractivity contribution in [3.05, 3.63) is 23.9 Å². The van der Waals surface area contributed by atoms with Gasteiger partial charge in [-0.05, 0) is 69.6 Å². The summed E-state index contributed by atoms with van der Waals surface area (Å²) >= 11 is 0. The Labute approximate surface area is 154 Å². The maximum absolute atomic E-state index is 6.04. The van der Waals surface area contributed by atoms with Crippen LogP contribution in [-0.2, 0) is 0 Å². The Morgan fingerprint density at radius 1 is 1.24 bits per heavy atom. The second-order valence-corrected chi connectivity index (χ2v) is 8.43. The van der Waals surface area contributed by atoms with Crippen molar-refractivity contribution in [2.75, 3.05) is 6.54 Å². The van der Waals surface area contributed by atoms with E-state index in [2.05, 4.69) is 23.0 Å². The summed E-state index contributed by atoms with van der Waals surface area (Å²) < 4.78 is 0. The van der Waals surface area contributed by atoms with E-state index in [0.29, 0.717) is 11.9 Å². The lowest BCUT2D eigenvalue weighted by Crippen LogP contribution is -2.34. The van der Waals surface area contributed by atoms with Crippen molar-refractivity contribution in [1.29, 1.82) is 0 Å². The molecule has 25 heavy (non-hydrogen) atoms. The first-order valence-electron chi connectivity index (χ1n) is 10.6. The van der Waals surface area contributed by atoms with E-state index in [1.165, 1.54) is 64.2 Å². The van der Waals surface area contributed by atoms with Gasteiger partial charge >= 0.3 is 0 Å². The smallest absolute Gasteiger partial charge is 0.141 e. The van der Waals surface area contributed by atoms with Gasteiger partial charge in [0.25, 0.3) is 0 Å². The summed E-state index contributed by atoms with van der Waals surface area (Å²) in [5, 5.41) is 3.64. The van der Waals surface area contributed by atoms with Gasteiger partial charge in [0.05, 0.1) is 5.70 Å². The molecule has 0 spiro atoms. The van der Waals surface area contributed by atoms with Crippen LogP contribution in [0.2, 0.25) is 0 Å². The number of allylic oxidation sites excluding steroid dienone is 1. The Morgan fingerprint density at radius 2 is 2.04 bits per heavy atom. The molecule has 2 fully saturated rings. The van der Waals surface area contributed by atoms with Crippen LogP contribution in [0.25, 0.3) is 0 Å². The van der Waals surface area contributed by atoms with E-state index in [0.717, 1.165) is 36.4 Å². The van der Waals surface area contributed by atoms with E-state index < -0.39 is 0 Å². The molecule has 3 heteroatoms. The molecule has 140 valence electrons. The molecule has 0 radical (unpaired) electrons. The molecule has 0 amide bonds. The first-order chi connectivity index (χ1) is 12.2. The van der Waals surface area contributed by atoms with Crippen LogP contribution in [0.15, 0.2) is 28.9 Å². The first kappa shape index (κ1) is 18.5. The summed E-state index contributed by atoms with van der Waals surface area (Å²) in [5.74, 6) is 3.22. The van der Waals surface area contributed by atoms with Crippen LogP contribution in [0, 0.1) is 17.8 Å². The minimum Gasteiger partial charge on any atom is -0.382 e. The number of hydrogen-bond acceptors (Lipinski definition) is 2. The number of rotatable bonds is 7. The first-order valence-corrected chi connectivity index (χ1v) is 10.6. The SMILES string of the molecule is C=C(CCC1CCC(C2CC=C(/C(N)=N\CC)N2)C1)C1CCCCC1. The van der Waals surface area contributed by atoms with Crippen molar-refractivity contribution >= 4 is 5.84 Å². The summed E-state index contributed by atoms with van der Waals surface area (Å²) in [5.41, 5.74) is 8.66. The van der Waals surface area contributed by atoms with E-state index in [-0.39, 0.29) is 0 Å². The van der Waals surface area contributed by atoms with Gasteiger partial charge in [-0.2, -0.15) is 0 Å². The van der Waals surface area contributed by atoms with Crippen molar-refractivity contribution in [2.24, 2.45) is 28.5 Å². The Kier molecular flexibility index (Phi) is 6.61. The molecule has 3 rings (SSSR count). The number of nitrogens with one attached hydrogen (secondary N) is 1. The fraction of sp³-hybridized carbons (Fsp3) is 0.773. The minimum absolute atomic E-state index is 0.576. The maximum Gasteiger partial charge on any atom is 0.141 e. The molecule has 1 aliphatic heterocycles. The molecule has 0 aromatic carbocycles. The van der Waals surface area contributed by atoms with Crippen molar-refractivity contribution < 1.29 is 0 Å². The maximum atomic E-state index is 6.04. The third-order valence-electron chi connectivity index (χ3n) is 6.73. The highest BCUT2D eigenvalue weighted by Crippen LogP contribution is 2.40. The molecular weight excluding hydrogens is 306 g/mol. The zero-order valence-corrected chi connectivity index (χ0v) is 16.1. The quantitative estimate of drug-likeness (QED) is 0.391. The lowest BCUT2D eigenvalue weighted by Gasteiger charge is -2.25. The molecular formula is C22H37N3. The molecule has 3 nitrogen and oxygen atoms in total. The van der Waals surface area contributed by atoms with Crippen molar-refractivity contribution in [3.8, 4) is 0 Å². The average Bonchev–Trinajstić information content (AvgIpc) is 3.30. The van der Waals surface area contributed by atoms with Gasteiger partial charge in [-0.15, -0.1) is 0 Å². The Morgan fingerprint density at radius 3 is 2.80 bits per heavy atom. The summed E-state index contributed by atoms with van der Waals surface area (Å²) in [4.78, 5) is 4.33. The normalized spacial score (nSPS) is 31.0.